The molecule has 1 aromatic heterocycles. The van der Waals surface area contributed by atoms with Crippen LogP contribution in [0.1, 0.15) is 12.5 Å². The first-order valence-electron chi connectivity index (χ1n) is 6.06. The van der Waals surface area contributed by atoms with E-state index in [-0.39, 0.29) is 5.75 Å². The molecule has 0 aliphatic carbocycles. The monoisotopic (exact) mass is 265 g/mol. The first-order valence-corrected chi connectivity index (χ1v) is 6.06. The Morgan fingerprint density at radius 1 is 1.32 bits per heavy atom. The molecule has 0 saturated heterocycles. The Kier molecular flexibility index (Phi) is 2.85. The molecule has 0 fully saturated rings. The van der Waals surface area contributed by atoms with Gasteiger partial charge in [0.05, 0.1) is 5.69 Å². The summed E-state index contributed by atoms with van der Waals surface area (Å²) < 4.78 is 27.2. The molecule has 1 aliphatic heterocycles. The van der Waals surface area contributed by atoms with Crippen LogP contribution in [0.25, 0.3) is 11.3 Å². The second-order valence-electron chi connectivity index (χ2n) is 4.52. The molecule has 2 heterocycles. The van der Waals surface area contributed by atoms with E-state index in [9.17, 15) is 13.9 Å². The lowest BCUT2D eigenvalue weighted by Crippen LogP contribution is -2.28. The quantitative estimate of drug-likeness (QED) is 0.877. The van der Waals surface area contributed by atoms with Crippen molar-refractivity contribution in [1.82, 2.24) is 9.78 Å². The van der Waals surface area contributed by atoms with Gasteiger partial charge < -0.3 is 10.4 Å². The van der Waals surface area contributed by atoms with Crippen LogP contribution in [0.2, 0.25) is 0 Å². The third-order valence-corrected chi connectivity index (χ3v) is 3.25. The predicted octanol–water partition coefficient (Wildman–Crippen LogP) is 2.88. The molecule has 2 N–H and O–H groups in total. The molecule has 0 radical (unpaired) electrons. The number of phenols is 1. The molecule has 1 aliphatic rings. The maximum absolute atomic E-state index is 12.9. The number of alkyl halides is 2. The topological polar surface area (TPSA) is 50.1 Å². The van der Waals surface area contributed by atoms with Crippen molar-refractivity contribution in [3.05, 3.63) is 30.3 Å². The summed E-state index contributed by atoms with van der Waals surface area (Å²) in [6, 6.07) is 7.39. The second-order valence-corrected chi connectivity index (χ2v) is 4.52. The lowest BCUT2D eigenvalue weighted by molar-refractivity contribution is 0.0716. The average Bonchev–Trinajstić information content (AvgIpc) is 2.82. The maximum Gasteiger partial charge on any atom is 0.260 e. The molecule has 100 valence electrons. The lowest BCUT2D eigenvalue weighted by atomic mass is 10.1. The van der Waals surface area contributed by atoms with Gasteiger partial charge in [-0.15, -0.1) is 0 Å². The smallest absolute Gasteiger partial charge is 0.260 e. The highest BCUT2D eigenvalue weighted by Crippen LogP contribution is 2.32. The van der Waals surface area contributed by atoms with Gasteiger partial charge in [-0.3, -0.25) is 0 Å². The fourth-order valence-corrected chi connectivity index (χ4v) is 2.26. The summed E-state index contributed by atoms with van der Waals surface area (Å²) in [6.45, 7) is 0.524. The van der Waals surface area contributed by atoms with Crippen molar-refractivity contribution in [2.75, 3.05) is 11.9 Å². The van der Waals surface area contributed by atoms with Crippen molar-refractivity contribution in [3.63, 3.8) is 0 Å². The van der Waals surface area contributed by atoms with Crippen LogP contribution in [0.5, 0.6) is 5.75 Å². The van der Waals surface area contributed by atoms with Gasteiger partial charge in [-0.2, -0.15) is 5.10 Å². The highest BCUT2D eigenvalue weighted by Gasteiger charge is 2.29. The highest BCUT2D eigenvalue weighted by molar-refractivity contribution is 5.64. The van der Waals surface area contributed by atoms with Crippen LogP contribution >= 0.6 is 0 Å². The van der Waals surface area contributed by atoms with Crippen molar-refractivity contribution in [2.45, 2.75) is 18.9 Å². The van der Waals surface area contributed by atoms with Crippen LogP contribution in [0.15, 0.2) is 30.3 Å². The van der Waals surface area contributed by atoms with E-state index in [2.05, 4.69) is 10.4 Å². The van der Waals surface area contributed by atoms with Gasteiger partial charge in [0, 0.05) is 18.2 Å². The number of nitrogens with one attached hydrogen (secondary N) is 1. The number of anilines is 1. The number of aromatic hydroxyl groups is 1. The van der Waals surface area contributed by atoms with Gasteiger partial charge in [0.1, 0.15) is 17.6 Å². The van der Waals surface area contributed by atoms with Gasteiger partial charge in [0.15, 0.2) is 0 Å². The van der Waals surface area contributed by atoms with Crippen LogP contribution < -0.4 is 5.32 Å². The fourth-order valence-electron chi connectivity index (χ4n) is 2.26. The summed E-state index contributed by atoms with van der Waals surface area (Å²) >= 11 is 0. The molecule has 0 spiro atoms. The van der Waals surface area contributed by atoms with E-state index in [1.165, 1.54) is 4.68 Å². The Hall–Kier alpha value is -2.11. The number of rotatable bonds is 2. The molecular weight excluding hydrogens is 252 g/mol. The van der Waals surface area contributed by atoms with E-state index in [1.807, 2.05) is 0 Å². The lowest BCUT2D eigenvalue weighted by Gasteiger charge is -2.24. The molecule has 0 saturated carbocycles. The normalized spacial score (nSPS) is 18.2. The summed E-state index contributed by atoms with van der Waals surface area (Å²) in [7, 11) is 0. The second kappa shape index (κ2) is 4.53. The van der Waals surface area contributed by atoms with Gasteiger partial charge in [-0.1, -0.05) is 0 Å². The molecule has 2 aromatic rings. The summed E-state index contributed by atoms with van der Waals surface area (Å²) in [5, 5.41) is 16.6. The van der Waals surface area contributed by atoms with Crippen LogP contribution in [0, 0.1) is 0 Å². The minimum atomic E-state index is -2.42. The highest BCUT2D eigenvalue weighted by atomic mass is 19.3. The van der Waals surface area contributed by atoms with Crippen LogP contribution in [-0.2, 0) is 0 Å². The van der Waals surface area contributed by atoms with Gasteiger partial charge in [-0.25, -0.2) is 13.5 Å². The number of aromatic nitrogens is 2. The largest absolute Gasteiger partial charge is 0.508 e. The summed E-state index contributed by atoms with van der Waals surface area (Å²) in [5.41, 5.74) is 1.41. The molecule has 1 atom stereocenters. The van der Waals surface area contributed by atoms with Gasteiger partial charge in [-0.05, 0) is 30.7 Å². The van der Waals surface area contributed by atoms with Crippen LogP contribution in [-0.4, -0.2) is 27.9 Å². The summed E-state index contributed by atoms with van der Waals surface area (Å²) in [6.07, 6.45) is -2.06. The zero-order chi connectivity index (χ0) is 13.4. The van der Waals surface area contributed by atoms with Crippen molar-refractivity contribution in [2.24, 2.45) is 0 Å². The SMILES string of the molecule is Oc1ccc(-c2cc3n(n2)C(C(F)F)CCN3)cc1. The third kappa shape index (κ3) is 2.14. The number of nitrogens with zero attached hydrogens (tertiary/aromatic N) is 2. The Bertz CT molecular complexity index is 580. The molecular formula is C13H13F2N3O. The molecule has 6 heteroatoms. The Morgan fingerprint density at radius 3 is 2.74 bits per heavy atom. The van der Waals surface area contributed by atoms with E-state index < -0.39 is 12.5 Å². The summed E-state index contributed by atoms with van der Waals surface area (Å²) in [4.78, 5) is 0. The van der Waals surface area contributed by atoms with E-state index in [0.29, 0.717) is 24.5 Å². The zero-order valence-electron chi connectivity index (χ0n) is 10.1. The van der Waals surface area contributed by atoms with Crippen molar-refractivity contribution in [1.29, 1.82) is 0 Å². The fraction of sp³-hybridized carbons (Fsp3) is 0.308. The summed E-state index contributed by atoms with van der Waals surface area (Å²) in [5.74, 6) is 0.774. The molecule has 0 bridgehead atoms. The van der Waals surface area contributed by atoms with Gasteiger partial charge in [0.2, 0.25) is 0 Å². The molecule has 4 nitrogen and oxygen atoms in total. The predicted molar refractivity (Wildman–Crippen MR) is 67.5 cm³/mol. The van der Waals surface area contributed by atoms with Crippen LogP contribution in [0.3, 0.4) is 0 Å². The van der Waals surface area contributed by atoms with E-state index in [1.54, 1.807) is 30.3 Å². The molecule has 1 aromatic carbocycles. The number of hydrogen-bond acceptors (Lipinski definition) is 3. The van der Waals surface area contributed by atoms with Gasteiger partial charge >= 0.3 is 0 Å². The number of fused-ring (bicyclic) bond motifs is 1. The molecule has 0 amide bonds. The number of phenolic OH excluding ortho intramolecular Hbond substituents is 1. The Morgan fingerprint density at radius 2 is 2.05 bits per heavy atom. The number of benzene rings is 1. The Balaban J connectivity index is 1.99. The van der Waals surface area contributed by atoms with Crippen LogP contribution in [0.4, 0.5) is 14.6 Å². The minimum Gasteiger partial charge on any atom is -0.508 e. The third-order valence-electron chi connectivity index (χ3n) is 3.25. The average molecular weight is 265 g/mol. The molecule has 19 heavy (non-hydrogen) atoms. The first kappa shape index (κ1) is 12.0. The van der Waals surface area contributed by atoms with E-state index in [4.69, 9.17) is 0 Å². The van der Waals surface area contributed by atoms with Gasteiger partial charge in [0.25, 0.3) is 6.43 Å². The zero-order valence-corrected chi connectivity index (χ0v) is 10.1. The first-order chi connectivity index (χ1) is 9.15. The minimum absolute atomic E-state index is 0.163. The molecule has 3 rings (SSSR count). The molecule has 1 unspecified atom stereocenters. The van der Waals surface area contributed by atoms with Crippen molar-refractivity contribution >= 4 is 5.82 Å². The van der Waals surface area contributed by atoms with E-state index in [0.717, 1.165) is 5.56 Å². The van der Waals surface area contributed by atoms with Crippen molar-refractivity contribution in [3.8, 4) is 17.0 Å². The number of halogens is 2. The van der Waals surface area contributed by atoms with Crippen molar-refractivity contribution < 1.29 is 13.9 Å². The standard InChI is InChI=1S/C13H13F2N3O/c14-13(15)11-5-6-16-12-7-10(17-18(11)12)8-1-3-9(19)4-2-8/h1-4,7,11,13,16,19H,5-6H2. The van der Waals surface area contributed by atoms with E-state index >= 15 is 0 Å². The number of hydrogen-bond donors (Lipinski definition) is 2. The Labute approximate surface area is 108 Å². The maximum atomic E-state index is 12.9.